The van der Waals surface area contributed by atoms with Crippen molar-refractivity contribution >= 4 is 17.3 Å². The molecule has 0 N–H and O–H groups in total. The van der Waals surface area contributed by atoms with E-state index < -0.39 is 0 Å². The molecule has 70 valence electrons. The first-order valence-corrected chi connectivity index (χ1v) is 5.50. The summed E-state index contributed by atoms with van der Waals surface area (Å²) in [6.45, 7) is 1.98. The molecule has 0 aromatic carbocycles. The van der Waals surface area contributed by atoms with E-state index in [1.165, 1.54) is 22.8 Å². The van der Waals surface area contributed by atoms with Crippen LogP contribution in [-0.4, -0.2) is 10.2 Å². The van der Waals surface area contributed by atoms with E-state index in [9.17, 15) is 4.79 Å². The fraction of sp³-hybridized carbons (Fsp3) is 0.600. The minimum atomic E-state index is 0.167. The highest BCUT2D eigenvalue weighted by atomic mass is 32.1. The second kappa shape index (κ2) is 3.58. The van der Waals surface area contributed by atoms with Gasteiger partial charge < -0.3 is 0 Å². The quantitative estimate of drug-likeness (QED) is 0.689. The van der Waals surface area contributed by atoms with Crippen LogP contribution in [0.4, 0.5) is 0 Å². The van der Waals surface area contributed by atoms with E-state index in [1.807, 2.05) is 6.92 Å². The predicted octanol–water partition coefficient (Wildman–Crippen LogP) is 2.68. The molecule has 13 heavy (non-hydrogen) atoms. The molecule has 0 aliphatic heterocycles. The SMILES string of the molecule is Cc1cc(C2CCCCC2=O)sn1. The zero-order valence-corrected chi connectivity index (χ0v) is 8.56. The summed E-state index contributed by atoms with van der Waals surface area (Å²) >= 11 is 1.49. The Bertz CT molecular complexity index is 318. The maximum atomic E-state index is 11.6. The summed E-state index contributed by atoms with van der Waals surface area (Å²) in [5, 5.41) is 0. The molecule has 1 aliphatic rings. The highest BCUT2D eigenvalue weighted by Gasteiger charge is 2.25. The molecule has 1 fully saturated rings. The summed E-state index contributed by atoms with van der Waals surface area (Å²) in [7, 11) is 0. The molecular formula is C10H13NOS. The highest BCUT2D eigenvalue weighted by molar-refractivity contribution is 7.06. The number of hydrogen-bond donors (Lipinski definition) is 0. The number of rotatable bonds is 1. The summed E-state index contributed by atoms with van der Waals surface area (Å²) in [5.74, 6) is 0.579. The zero-order chi connectivity index (χ0) is 9.26. The minimum Gasteiger partial charge on any atom is -0.299 e. The van der Waals surface area contributed by atoms with Gasteiger partial charge in [0.2, 0.25) is 0 Å². The molecule has 2 nitrogen and oxygen atoms in total. The summed E-state index contributed by atoms with van der Waals surface area (Å²) in [4.78, 5) is 12.8. The molecule has 0 spiro atoms. The molecule has 1 atom stereocenters. The number of aryl methyl sites for hydroxylation is 1. The second-order valence-corrected chi connectivity index (χ2v) is 4.47. The van der Waals surface area contributed by atoms with Crippen molar-refractivity contribution in [2.24, 2.45) is 0 Å². The van der Waals surface area contributed by atoms with Gasteiger partial charge in [-0.05, 0) is 37.4 Å². The molecule has 3 heteroatoms. The number of carbonyl (C=O) groups is 1. The molecule has 1 aromatic rings. The predicted molar refractivity (Wildman–Crippen MR) is 53.1 cm³/mol. The van der Waals surface area contributed by atoms with Crippen molar-refractivity contribution in [2.45, 2.75) is 38.5 Å². The lowest BCUT2D eigenvalue weighted by atomic mass is 9.87. The molecule has 0 radical (unpaired) electrons. The smallest absolute Gasteiger partial charge is 0.141 e. The number of carbonyl (C=O) groups excluding carboxylic acids is 1. The molecule has 0 amide bonds. The maximum Gasteiger partial charge on any atom is 0.141 e. The summed E-state index contributed by atoms with van der Waals surface area (Å²) < 4.78 is 4.22. The van der Waals surface area contributed by atoms with Crippen LogP contribution in [0.3, 0.4) is 0 Å². The highest BCUT2D eigenvalue weighted by Crippen LogP contribution is 2.32. The van der Waals surface area contributed by atoms with Crippen molar-refractivity contribution in [2.75, 3.05) is 0 Å². The molecular weight excluding hydrogens is 182 g/mol. The van der Waals surface area contributed by atoms with Gasteiger partial charge >= 0.3 is 0 Å². The zero-order valence-electron chi connectivity index (χ0n) is 7.75. The van der Waals surface area contributed by atoms with Crippen molar-refractivity contribution in [3.63, 3.8) is 0 Å². The topological polar surface area (TPSA) is 30.0 Å². The monoisotopic (exact) mass is 195 g/mol. The van der Waals surface area contributed by atoms with Gasteiger partial charge in [-0.25, -0.2) is 0 Å². The first-order valence-electron chi connectivity index (χ1n) is 4.73. The van der Waals surface area contributed by atoms with E-state index in [4.69, 9.17) is 0 Å². The van der Waals surface area contributed by atoms with Gasteiger partial charge in [0.05, 0.1) is 11.6 Å². The summed E-state index contributed by atoms with van der Waals surface area (Å²) in [5.41, 5.74) is 1.04. The Morgan fingerprint density at radius 2 is 2.38 bits per heavy atom. The average molecular weight is 195 g/mol. The third-order valence-electron chi connectivity index (χ3n) is 2.54. The van der Waals surface area contributed by atoms with Crippen molar-refractivity contribution in [3.8, 4) is 0 Å². The molecule has 1 aliphatic carbocycles. The largest absolute Gasteiger partial charge is 0.299 e. The van der Waals surface area contributed by atoms with Gasteiger partial charge in [-0.3, -0.25) is 4.79 Å². The molecule has 1 heterocycles. The van der Waals surface area contributed by atoms with Crippen LogP contribution in [0.25, 0.3) is 0 Å². The molecule has 0 saturated heterocycles. The third-order valence-corrected chi connectivity index (χ3v) is 3.54. The van der Waals surface area contributed by atoms with Crippen molar-refractivity contribution < 1.29 is 4.79 Å². The van der Waals surface area contributed by atoms with Gasteiger partial charge in [0, 0.05) is 11.3 Å². The van der Waals surface area contributed by atoms with E-state index in [0.717, 1.165) is 25.0 Å². The van der Waals surface area contributed by atoms with Gasteiger partial charge in [-0.15, -0.1) is 0 Å². The van der Waals surface area contributed by atoms with E-state index in [1.54, 1.807) is 0 Å². The summed E-state index contributed by atoms with van der Waals surface area (Å²) in [6, 6.07) is 2.05. The van der Waals surface area contributed by atoms with Crippen LogP contribution in [0.1, 0.15) is 42.2 Å². The normalized spacial score (nSPS) is 23.5. The Morgan fingerprint density at radius 3 is 3.00 bits per heavy atom. The first kappa shape index (κ1) is 8.88. The lowest BCUT2D eigenvalue weighted by Crippen LogP contribution is -2.15. The first-order chi connectivity index (χ1) is 6.27. The van der Waals surface area contributed by atoms with Crippen molar-refractivity contribution in [3.05, 3.63) is 16.6 Å². The van der Waals surface area contributed by atoms with Gasteiger partial charge in [-0.2, -0.15) is 4.37 Å². The summed E-state index contributed by atoms with van der Waals surface area (Å²) in [6.07, 6.45) is 4.06. The van der Waals surface area contributed by atoms with Crippen LogP contribution in [0.5, 0.6) is 0 Å². The molecule has 1 saturated carbocycles. The Hall–Kier alpha value is -0.700. The van der Waals surface area contributed by atoms with Crippen LogP contribution in [-0.2, 0) is 4.79 Å². The van der Waals surface area contributed by atoms with E-state index in [0.29, 0.717) is 5.78 Å². The number of Topliss-reactive ketones (excluding diaryl/α,β-unsaturated/α-hetero) is 1. The van der Waals surface area contributed by atoms with E-state index >= 15 is 0 Å². The van der Waals surface area contributed by atoms with Gasteiger partial charge in [0.15, 0.2) is 0 Å². The van der Waals surface area contributed by atoms with Crippen LogP contribution in [0, 0.1) is 6.92 Å². The van der Waals surface area contributed by atoms with Gasteiger partial charge in [0.1, 0.15) is 5.78 Å². The van der Waals surface area contributed by atoms with E-state index in [2.05, 4.69) is 10.4 Å². The van der Waals surface area contributed by atoms with Gasteiger partial charge in [0.25, 0.3) is 0 Å². The third kappa shape index (κ3) is 1.80. The number of nitrogens with zero attached hydrogens (tertiary/aromatic N) is 1. The number of hydrogen-bond acceptors (Lipinski definition) is 3. The van der Waals surface area contributed by atoms with E-state index in [-0.39, 0.29) is 5.92 Å². The maximum absolute atomic E-state index is 11.6. The van der Waals surface area contributed by atoms with Crippen LogP contribution in [0.2, 0.25) is 0 Å². The minimum absolute atomic E-state index is 0.167. The molecule has 1 unspecified atom stereocenters. The lowest BCUT2D eigenvalue weighted by Gasteiger charge is -2.18. The molecule has 1 aromatic heterocycles. The van der Waals surface area contributed by atoms with Crippen molar-refractivity contribution in [1.29, 1.82) is 0 Å². The van der Waals surface area contributed by atoms with Crippen molar-refractivity contribution in [1.82, 2.24) is 4.37 Å². The van der Waals surface area contributed by atoms with Crippen LogP contribution >= 0.6 is 11.5 Å². The standard InChI is InChI=1S/C10H13NOS/c1-7-6-10(13-11-7)8-4-2-3-5-9(8)12/h6,8H,2-5H2,1H3. The Morgan fingerprint density at radius 1 is 1.54 bits per heavy atom. The number of ketones is 1. The molecule has 0 bridgehead atoms. The van der Waals surface area contributed by atoms with Gasteiger partial charge in [-0.1, -0.05) is 6.42 Å². The van der Waals surface area contributed by atoms with Crippen LogP contribution < -0.4 is 0 Å². The molecule has 2 rings (SSSR count). The fourth-order valence-corrected chi connectivity index (χ4v) is 2.73. The second-order valence-electron chi connectivity index (χ2n) is 3.64. The number of aromatic nitrogens is 1. The Kier molecular flexibility index (Phi) is 2.44. The Balaban J connectivity index is 2.19. The fourth-order valence-electron chi connectivity index (χ4n) is 1.83. The lowest BCUT2D eigenvalue weighted by molar-refractivity contribution is -0.121. The average Bonchev–Trinajstić information content (AvgIpc) is 2.53. The Labute approximate surface area is 82.1 Å². The van der Waals surface area contributed by atoms with Crippen LogP contribution in [0.15, 0.2) is 6.07 Å².